The lowest BCUT2D eigenvalue weighted by Gasteiger charge is -2.11. The van der Waals surface area contributed by atoms with Gasteiger partial charge >= 0.3 is 0 Å². The smallest absolute Gasteiger partial charge is 0.257 e. The molecule has 3 rings (SSSR count). The Morgan fingerprint density at radius 1 is 0.966 bits per heavy atom. The highest BCUT2D eigenvalue weighted by molar-refractivity contribution is 7.80. The number of thiocarbonyl (C=S) groups is 1. The number of carbonyl (C=O) groups excluding carboxylic acids is 1. The third kappa shape index (κ3) is 6.73. The zero-order valence-corrected chi connectivity index (χ0v) is 17.2. The summed E-state index contributed by atoms with van der Waals surface area (Å²) in [5.41, 5.74) is 3.71. The highest BCUT2D eigenvalue weighted by atomic mass is 32.1. The molecule has 2 N–H and O–H groups in total. The number of carbonyl (C=O) groups is 1. The molecule has 3 aromatic rings. The summed E-state index contributed by atoms with van der Waals surface area (Å²) in [4.78, 5) is 12.2. The number of hydrogen-bond donors (Lipinski definition) is 2. The van der Waals surface area contributed by atoms with Crippen LogP contribution < -0.4 is 15.4 Å². The minimum atomic E-state index is -0.232. The molecule has 0 aliphatic carbocycles. The minimum absolute atomic E-state index is 0.232. The van der Waals surface area contributed by atoms with Crippen LogP contribution in [0.15, 0.2) is 78.9 Å². The van der Waals surface area contributed by atoms with Gasteiger partial charge in [-0.15, -0.1) is 0 Å². The second-order valence-electron chi connectivity index (χ2n) is 6.74. The van der Waals surface area contributed by atoms with Crippen molar-refractivity contribution in [2.24, 2.45) is 0 Å². The molecule has 0 spiro atoms. The summed E-state index contributed by atoms with van der Waals surface area (Å²) in [6.45, 7) is 2.60. The Hall–Kier alpha value is -3.18. The van der Waals surface area contributed by atoms with Crippen molar-refractivity contribution in [3.8, 4) is 5.75 Å². The fourth-order valence-electron chi connectivity index (χ4n) is 2.87. The van der Waals surface area contributed by atoms with E-state index in [2.05, 4.69) is 34.9 Å². The molecule has 1 amide bonds. The van der Waals surface area contributed by atoms with Gasteiger partial charge in [-0.25, -0.2) is 0 Å². The molecule has 0 aliphatic heterocycles. The number of aryl methyl sites for hydroxylation is 2. The van der Waals surface area contributed by atoms with Gasteiger partial charge in [0.15, 0.2) is 5.11 Å². The predicted octanol–water partition coefficient (Wildman–Crippen LogP) is 5.13. The van der Waals surface area contributed by atoms with E-state index in [1.54, 1.807) is 6.07 Å². The second kappa shape index (κ2) is 10.4. The number of anilines is 1. The Labute approximate surface area is 176 Å². The number of amides is 1. The van der Waals surface area contributed by atoms with Gasteiger partial charge in [-0.1, -0.05) is 48.0 Å². The van der Waals surface area contributed by atoms with E-state index in [9.17, 15) is 4.79 Å². The zero-order valence-electron chi connectivity index (χ0n) is 16.4. The maximum atomic E-state index is 12.2. The van der Waals surface area contributed by atoms with E-state index >= 15 is 0 Å². The summed E-state index contributed by atoms with van der Waals surface area (Å²) in [6.07, 6.45) is 1.95. The molecule has 0 aliphatic rings. The van der Waals surface area contributed by atoms with Crippen molar-refractivity contribution in [1.29, 1.82) is 0 Å². The number of nitrogens with one attached hydrogen (secondary N) is 2. The van der Waals surface area contributed by atoms with Crippen LogP contribution in [0.25, 0.3) is 0 Å². The molecule has 0 heterocycles. The van der Waals surface area contributed by atoms with Crippen LogP contribution in [0.5, 0.6) is 5.75 Å². The lowest BCUT2D eigenvalue weighted by Crippen LogP contribution is -2.34. The fourth-order valence-corrected chi connectivity index (χ4v) is 3.08. The molecule has 0 saturated carbocycles. The molecule has 0 fully saturated rings. The lowest BCUT2D eigenvalue weighted by molar-refractivity contribution is 0.0977. The standard InChI is InChI=1S/C24H24N2O2S/c1-18-7-5-11-20(17-18)23(27)26-24(29)25-21-12-14-22(15-13-21)28-16-6-10-19-8-3-2-4-9-19/h2-5,7-9,11-15,17H,6,10,16H2,1H3,(H2,25,26,27,29). The van der Waals surface area contributed by atoms with Crippen molar-refractivity contribution < 1.29 is 9.53 Å². The topological polar surface area (TPSA) is 50.4 Å². The van der Waals surface area contributed by atoms with Gasteiger partial charge in [-0.2, -0.15) is 0 Å². The molecule has 0 atom stereocenters. The third-order valence-electron chi connectivity index (χ3n) is 4.34. The van der Waals surface area contributed by atoms with Crippen LogP contribution in [0.2, 0.25) is 0 Å². The molecule has 29 heavy (non-hydrogen) atoms. The largest absolute Gasteiger partial charge is 0.494 e. The average molecular weight is 405 g/mol. The molecule has 4 nitrogen and oxygen atoms in total. The molecule has 3 aromatic carbocycles. The molecular weight excluding hydrogens is 380 g/mol. The Morgan fingerprint density at radius 3 is 2.45 bits per heavy atom. The first-order valence-corrected chi connectivity index (χ1v) is 9.97. The van der Waals surface area contributed by atoms with E-state index in [4.69, 9.17) is 17.0 Å². The Balaban J connectivity index is 1.42. The summed E-state index contributed by atoms with van der Waals surface area (Å²) in [5, 5.41) is 5.97. The van der Waals surface area contributed by atoms with Gasteiger partial charge in [0.1, 0.15) is 5.75 Å². The van der Waals surface area contributed by atoms with Gasteiger partial charge in [-0.05, 0) is 73.9 Å². The van der Waals surface area contributed by atoms with Crippen LogP contribution in [0.3, 0.4) is 0 Å². The van der Waals surface area contributed by atoms with Crippen molar-refractivity contribution in [1.82, 2.24) is 5.32 Å². The lowest BCUT2D eigenvalue weighted by atomic mass is 10.1. The fraction of sp³-hybridized carbons (Fsp3) is 0.167. The molecule has 5 heteroatoms. The maximum Gasteiger partial charge on any atom is 0.257 e. The van der Waals surface area contributed by atoms with Crippen molar-refractivity contribution in [3.63, 3.8) is 0 Å². The maximum absolute atomic E-state index is 12.2. The predicted molar refractivity (Wildman–Crippen MR) is 122 cm³/mol. The first-order chi connectivity index (χ1) is 14.1. The number of ether oxygens (including phenoxy) is 1. The highest BCUT2D eigenvalue weighted by Gasteiger charge is 2.08. The van der Waals surface area contributed by atoms with E-state index in [1.807, 2.05) is 55.5 Å². The van der Waals surface area contributed by atoms with Crippen LogP contribution in [-0.2, 0) is 6.42 Å². The van der Waals surface area contributed by atoms with Gasteiger partial charge in [0.2, 0.25) is 0 Å². The Kier molecular flexibility index (Phi) is 7.36. The highest BCUT2D eigenvalue weighted by Crippen LogP contribution is 2.16. The number of benzene rings is 3. The second-order valence-corrected chi connectivity index (χ2v) is 7.15. The van der Waals surface area contributed by atoms with Gasteiger partial charge in [0.05, 0.1) is 6.61 Å². The van der Waals surface area contributed by atoms with Gasteiger partial charge in [-0.3, -0.25) is 10.1 Å². The molecule has 0 aromatic heterocycles. The minimum Gasteiger partial charge on any atom is -0.494 e. The van der Waals surface area contributed by atoms with Crippen LogP contribution in [0, 0.1) is 6.92 Å². The average Bonchev–Trinajstić information content (AvgIpc) is 2.73. The first-order valence-electron chi connectivity index (χ1n) is 9.56. The zero-order chi connectivity index (χ0) is 20.5. The molecular formula is C24H24N2O2S. The van der Waals surface area contributed by atoms with Crippen LogP contribution in [0.4, 0.5) is 5.69 Å². The Morgan fingerprint density at radius 2 is 1.72 bits per heavy atom. The van der Waals surface area contributed by atoms with Crippen molar-refractivity contribution >= 4 is 28.9 Å². The molecule has 0 unspecified atom stereocenters. The normalized spacial score (nSPS) is 10.2. The van der Waals surface area contributed by atoms with Gasteiger partial charge < -0.3 is 10.1 Å². The van der Waals surface area contributed by atoms with Crippen LogP contribution in [0.1, 0.15) is 27.9 Å². The summed E-state index contributed by atoms with van der Waals surface area (Å²) in [6, 6.07) is 25.3. The van der Waals surface area contributed by atoms with E-state index in [-0.39, 0.29) is 11.0 Å². The summed E-state index contributed by atoms with van der Waals surface area (Å²) in [7, 11) is 0. The Bertz CT molecular complexity index is 956. The van der Waals surface area contributed by atoms with E-state index in [1.165, 1.54) is 5.56 Å². The van der Waals surface area contributed by atoms with Crippen LogP contribution in [-0.4, -0.2) is 17.6 Å². The molecule has 0 radical (unpaired) electrons. The van der Waals surface area contributed by atoms with Crippen LogP contribution >= 0.6 is 12.2 Å². The summed E-state index contributed by atoms with van der Waals surface area (Å²) >= 11 is 5.24. The quantitative estimate of drug-likeness (QED) is 0.423. The van der Waals surface area contributed by atoms with E-state index < -0.39 is 0 Å². The molecule has 148 valence electrons. The summed E-state index contributed by atoms with van der Waals surface area (Å²) < 4.78 is 5.79. The van der Waals surface area contributed by atoms with E-state index in [0.29, 0.717) is 12.2 Å². The van der Waals surface area contributed by atoms with Gasteiger partial charge in [0, 0.05) is 11.3 Å². The SMILES string of the molecule is Cc1cccc(C(=O)NC(=S)Nc2ccc(OCCCc3ccccc3)cc2)c1. The van der Waals surface area contributed by atoms with Crippen molar-refractivity contribution in [2.75, 3.05) is 11.9 Å². The number of hydrogen-bond acceptors (Lipinski definition) is 3. The third-order valence-corrected chi connectivity index (χ3v) is 4.54. The first kappa shape index (κ1) is 20.6. The molecule has 0 bridgehead atoms. The van der Waals surface area contributed by atoms with Crippen molar-refractivity contribution in [2.45, 2.75) is 19.8 Å². The van der Waals surface area contributed by atoms with Crippen molar-refractivity contribution in [3.05, 3.63) is 95.6 Å². The summed E-state index contributed by atoms with van der Waals surface area (Å²) in [5.74, 6) is 0.572. The van der Waals surface area contributed by atoms with E-state index in [0.717, 1.165) is 29.8 Å². The van der Waals surface area contributed by atoms with Gasteiger partial charge in [0.25, 0.3) is 5.91 Å². The monoisotopic (exact) mass is 404 g/mol. The molecule has 0 saturated heterocycles. The number of rotatable bonds is 7.